The third-order valence-corrected chi connectivity index (χ3v) is 6.61. The van der Waals surface area contributed by atoms with E-state index in [1.807, 2.05) is 4.90 Å². The third-order valence-electron chi connectivity index (χ3n) is 6.61. The second-order valence-electron chi connectivity index (χ2n) is 8.28. The monoisotopic (exact) mass is 392 g/mol. The van der Waals surface area contributed by atoms with Crippen molar-refractivity contribution in [3.63, 3.8) is 0 Å². The van der Waals surface area contributed by atoms with Crippen molar-refractivity contribution >= 4 is 5.95 Å². The Morgan fingerprint density at radius 1 is 1.04 bits per heavy atom. The topological polar surface area (TPSA) is 59.7 Å². The van der Waals surface area contributed by atoms with Crippen LogP contribution in [0.15, 0.2) is 12.3 Å². The Labute approximate surface area is 161 Å². The minimum absolute atomic E-state index is 0.179. The summed E-state index contributed by atoms with van der Waals surface area (Å²) in [6.45, 7) is 2.37. The summed E-state index contributed by atoms with van der Waals surface area (Å²) >= 11 is 0. The first-order valence-electron chi connectivity index (χ1n) is 10.0. The van der Waals surface area contributed by atoms with E-state index in [9.17, 15) is 13.2 Å². The Bertz CT molecular complexity index is 869. The fourth-order valence-electron chi connectivity index (χ4n) is 4.84. The average molecular weight is 392 g/mol. The van der Waals surface area contributed by atoms with Gasteiger partial charge in [0.15, 0.2) is 0 Å². The zero-order valence-corrected chi connectivity index (χ0v) is 15.6. The predicted octanol–water partition coefficient (Wildman–Crippen LogP) is 3.59. The molecule has 0 aromatic carbocycles. The second kappa shape index (κ2) is 6.42. The summed E-state index contributed by atoms with van der Waals surface area (Å²) in [6, 6.07) is 0.920. The lowest BCUT2D eigenvalue weighted by Gasteiger charge is -2.33. The van der Waals surface area contributed by atoms with Gasteiger partial charge in [0.05, 0.1) is 0 Å². The quantitative estimate of drug-likeness (QED) is 0.782. The Morgan fingerprint density at radius 3 is 2.64 bits per heavy atom. The maximum atomic E-state index is 12.9. The summed E-state index contributed by atoms with van der Waals surface area (Å²) in [5, 5.41) is 8.94. The van der Waals surface area contributed by atoms with E-state index in [1.54, 1.807) is 0 Å². The number of halogens is 3. The van der Waals surface area contributed by atoms with Crippen molar-refractivity contribution in [3.8, 4) is 0 Å². The minimum atomic E-state index is -4.44. The molecule has 150 valence electrons. The summed E-state index contributed by atoms with van der Waals surface area (Å²) in [4.78, 5) is 9.68. The van der Waals surface area contributed by atoms with Crippen LogP contribution in [0.25, 0.3) is 0 Å². The van der Waals surface area contributed by atoms with Crippen LogP contribution in [0, 0.1) is 5.41 Å². The molecule has 6 nitrogen and oxygen atoms in total. The molecule has 2 aromatic heterocycles. The van der Waals surface area contributed by atoms with Gasteiger partial charge in [-0.25, -0.2) is 9.97 Å². The number of hydrogen-bond acceptors (Lipinski definition) is 5. The Hall–Kier alpha value is -2.19. The van der Waals surface area contributed by atoms with Gasteiger partial charge in [-0.1, -0.05) is 6.42 Å². The van der Waals surface area contributed by atoms with Crippen molar-refractivity contribution in [1.82, 2.24) is 24.7 Å². The van der Waals surface area contributed by atoms with Gasteiger partial charge in [0.2, 0.25) is 5.95 Å². The van der Waals surface area contributed by atoms with E-state index < -0.39 is 11.9 Å². The van der Waals surface area contributed by atoms with E-state index in [-0.39, 0.29) is 11.4 Å². The number of piperidine rings is 1. The van der Waals surface area contributed by atoms with Crippen LogP contribution in [0.5, 0.6) is 0 Å². The zero-order chi connectivity index (χ0) is 19.4. The van der Waals surface area contributed by atoms with E-state index in [0.717, 1.165) is 49.9 Å². The molecule has 1 saturated heterocycles. The van der Waals surface area contributed by atoms with Gasteiger partial charge in [-0.2, -0.15) is 13.2 Å². The van der Waals surface area contributed by atoms with Crippen molar-refractivity contribution in [2.75, 3.05) is 18.0 Å². The number of rotatable bonds is 2. The summed E-state index contributed by atoms with van der Waals surface area (Å²) in [5.41, 5.74) is -0.665. The Morgan fingerprint density at radius 2 is 1.86 bits per heavy atom. The molecule has 0 radical (unpaired) electrons. The molecule has 2 aromatic rings. The van der Waals surface area contributed by atoms with Gasteiger partial charge in [0.1, 0.15) is 17.3 Å². The molecule has 2 fully saturated rings. The first-order valence-corrected chi connectivity index (χ1v) is 10.0. The minimum Gasteiger partial charge on any atom is -0.341 e. The standard InChI is InChI=1S/C19H23F3N6/c20-19(21,22)14-5-8-23-17(24-14)27-10-6-18(7-11-27)12-13(18)16-26-25-15-4-2-1-3-9-28(15)16/h5,8,13H,1-4,6-7,9-12H2/t13-/m0/s1. The first-order chi connectivity index (χ1) is 13.5. The molecule has 5 rings (SSSR count). The van der Waals surface area contributed by atoms with Gasteiger partial charge >= 0.3 is 6.18 Å². The van der Waals surface area contributed by atoms with Crippen LogP contribution in [0.2, 0.25) is 0 Å². The number of anilines is 1. The molecule has 2 aliphatic heterocycles. The van der Waals surface area contributed by atoms with Crippen LogP contribution in [0.4, 0.5) is 19.1 Å². The second-order valence-corrected chi connectivity index (χ2v) is 8.28. The Kier molecular flexibility index (Phi) is 4.10. The lowest BCUT2D eigenvalue weighted by Crippen LogP contribution is -2.36. The van der Waals surface area contributed by atoms with Crippen LogP contribution >= 0.6 is 0 Å². The summed E-state index contributed by atoms with van der Waals surface area (Å²) in [6.07, 6.45) is 4.32. The highest BCUT2D eigenvalue weighted by Gasteiger charge is 2.57. The van der Waals surface area contributed by atoms with Crippen LogP contribution in [-0.2, 0) is 19.1 Å². The van der Waals surface area contributed by atoms with E-state index in [0.29, 0.717) is 19.0 Å². The van der Waals surface area contributed by atoms with Gasteiger partial charge in [-0.05, 0) is 43.6 Å². The smallest absolute Gasteiger partial charge is 0.341 e. The molecule has 28 heavy (non-hydrogen) atoms. The maximum absolute atomic E-state index is 12.9. The highest BCUT2D eigenvalue weighted by atomic mass is 19.4. The van der Waals surface area contributed by atoms with E-state index in [4.69, 9.17) is 0 Å². The summed E-state index contributed by atoms with van der Waals surface area (Å²) < 4.78 is 41.1. The fourth-order valence-corrected chi connectivity index (χ4v) is 4.84. The molecule has 1 atom stereocenters. The number of alkyl halides is 3. The largest absolute Gasteiger partial charge is 0.433 e. The molecular weight excluding hydrogens is 369 g/mol. The van der Waals surface area contributed by atoms with Crippen molar-refractivity contribution in [2.24, 2.45) is 5.41 Å². The lowest BCUT2D eigenvalue weighted by atomic mass is 9.90. The molecule has 1 aliphatic carbocycles. The van der Waals surface area contributed by atoms with Crippen LogP contribution < -0.4 is 4.90 Å². The zero-order valence-electron chi connectivity index (χ0n) is 15.6. The molecule has 0 N–H and O–H groups in total. The SMILES string of the molecule is FC(F)(F)c1ccnc(N2CCC3(CC2)C[C@H]3c2nnc3n2CCCCC3)n1. The number of hydrogen-bond donors (Lipinski definition) is 0. The average Bonchev–Trinajstić information content (AvgIpc) is 3.31. The molecule has 9 heteroatoms. The van der Waals surface area contributed by atoms with Crippen molar-refractivity contribution in [3.05, 3.63) is 29.6 Å². The van der Waals surface area contributed by atoms with Gasteiger partial charge in [0.25, 0.3) is 0 Å². The number of fused-ring (bicyclic) bond motifs is 1. The highest BCUT2D eigenvalue weighted by Crippen LogP contribution is 2.64. The van der Waals surface area contributed by atoms with E-state index in [2.05, 4.69) is 24.7 Å². The number of aromatic nitrogens is 5. The highest BCUT2D eigenvalue weighted by molar-refractivity contribution is 5.34. The molecule has 0 amide bonds. The summed E-state index contributed by atoms with van der Waals surface area (Å²) in [5.74, 6) is 2.85. The molecule has 0 bridgehead atoms. The number of aryl methyl sites for hydroxylation is 1. The van der Waals surface area contributed by atoms with Crippen molar-refractivity contribution in [1.29, 1.82) is 0 Å². The molecule has 3 aliphatic rings. The van der Waals surface area contributed by atoms with Gasteiger partial charge in [-0.3, -0.25) is 0 Å². The molecule has 0 unspecified atom stereocenters. The fraction of sp³-hybridized carbons (Fsp3) is 0.684. The van der Waals surface area contributed by atoms with Crippen LogP contribution in [-0.4, -0.2) is 37.8 Å². The molecule has 4 heterocycles. The first kappa shape index (κ1) is 17.9. The number of nitrogens with zero attached hydrogens (tertiary/aromatic N) is 6. The van der Waals surface area contributed by atoms with Crippen LogP contribution in [0.3, 0.4) is 0 Å². The van der Waals surface area contributed by atoms with E-state index >= 15 is 0 Å². The van der Waals surface area contributed by atoms with Gasteiger partial charge in [0, 0.05) is 38.2 Å². The lowest BCUT2D eigenvalue weighted by molar-refractivity contribution is -0.141. The predicted molar refractivity (Wildman–Crippen MR) is 95.8 cm³/mol. The molecular formula is C19H23F3N6. The normalized spacial score (nSPS) is 24.1. The maximum Gasteiger partial charge on any atom is 0.433 e. The van der Waals surface area contributed by atoms with Crippen molar-refractivity contribution in [2.45, 2.75) is 63.6 Å². The van der Waals surface area contributed by atoms with Gasteiger partial charge in [-0.15, -0.1) is 10.2 Å². The molecule has 1 spiro atoms. The summed E-state index contributed by atoms with van der Waals surface area (Å²) in [7, 11) is 0. The van der Waals surface area contributed by atoms with Crippen molar-refractivity contribution < 1.29 is 13.2 Å². The third kappa shape index (κ3) is 3.04. The van der Waals surface area contributed by atoms with Crippen LogP contribution in [0.1, 0.15) is 61.8 Å². The van der Waals surface area contributed by atoms with Gasteiger partial charge < -0.3 is 9.47 Å². The molecule has 1 saturated carbocycles. The Balaban J connectivity index is 1.28. The van der Waals surface area contributed by atoms with E-state index in [1.165, 1.54) is 25.5 Å².